The summed E-state index contributed by atoms with van der Waals surface area (Å²) < 4.78 is 2.32. The molecule has 1 aromatic heterocycles. The van der Waals surface area contributed by atoms with Gasteiger partial charge in [0.25, 0.3) is 0 Å². The fourth-order valence-corrected chi connectivity index (χ4v) is 5.15. The standard InChI is InChI=1S/C16H27N5OS/c22-15(17-8-4-5-9-20-13-18-19-14-20)21-10-11-23-16(12-21)6-2-1-3-7-16/h13-14H,1-12H2,(H,17,22). The molecule has 1 N–H and O–H groups in total. The molecule has 1 aliphatic heterocycles. The Hall–Kier alpha value is -1.24. The Kier molecular flexibility index (Phi) is 5.80. The number of hydrogen-bond donors (Lipinski definition) is 1. The summed E-state index contributed by atoms with van der Waals surface area (Å²) in [6.07, 6.45) is 12.0. The van der Waals surface area contributed by atoms with Crippen molar-refractivity contribution in [1.82, 2.24) is 25.0 Å². The Balaban J connectivity index is 1.36. The quantitative estimate of drug-likeness (QED) is 0.839. The fraction of sp³-hybridized carbons (Fsp3) is 0.812. The van der Waals surface area contributed by atoms with Crippen molar-refractivity contribution in [2.24, 2.45) is 0 Å². The molecule has 1 aromatic rings. The molecule has 23 heavy (non-hydrogen) atoms. The molecule has 2 aliphatic rings. The van der Waals surface area contributed by atoms with E-state index in [9.17, 15) is 4.79 Å². The van der Waals surface area contributed by atoms with Gasteiger partial charge >= 0.3 is 6.03 Å². The van der Waals surface area contributed by atoms with Crippen molar-refractivity contribution < 1.29 is 4.79 Å². The molecule has 1 saturated carbocycles. The molecule has 2 heterocycles. The largest absolute Gasteiger partial charge is 0.338 e. The van der Waals surface area contributed by atoms with Crippen LogP contribution in [0.4, 0.5) is 4.79 Å². The van der Waals surface area contributed by atoms with E-state index in [4.69, 9.17) is 0 Å². The summed E-state index contributed by atoms with van der Waals surface area (Å²) in [5.74, 6) is 1.08. The third kappa shape index (κ3) is 4.62. The number of aromatic nitrogens is 3. The minimum atomic E-state index is 0.125. The van der Waals surface area contributed by atoms with Crippen LogP contribution in [0.2, 0.25) is 0 Å². The van der Waals surface area contributed by atoms with Gasteiger partial charge < -0.3 is 14.8 Å². The van der Waals surface area contributed by atoms with E-state index in [-0.39, 0.29) is 6.03 Å². The molecule has 7 heteroatoms. The normalized spacial score (nSPS) is 20.6. The van der Waals surface area contributed by atoms with E-state index < -0.39 is 0 Å². The van der Waals surface area contributed by atoms with Crippen molar-refractivity contribution in [3.05, 3.63) is 12.7 Å². The second-order valence-electron chi connectivity index (χ2n) is 6.65. The second kappa shape index (κ2) is 8.04. The molecule has 1 saturated heterocycles. The second-order valence-corrected chi connectivity index (χ2v) is 8.22. The van der Waals surface area contributed by atoms with Crippen molar-refractivity contribution in [2.45, 2.75) is 56.2 Å². The highest BCUT2D eigenvalue weighted by atomic mass is 32.2. The zero-order valence-electron chi connectivity index (χ0n) is 13.7. The lowest BCUT2D eigenvalue weighted by Crippen LogP contribution is -2.52. The van der Waals surface area contributed by atoms with Gasteiger partial charge in [-0.3, -0.25) is 0 Å². The average Bonchev–Trinajstić information content (AvgIpc) is 3.08. The number of carbonyl (C=O) groups excluding carboxylic acids is 1. The third-order valence-electron chi connectivity index (χ3n) is 4.89. The molecule has 0 bridgehead atoms. The summed E-state index contributed by atoms with van der Waals surface area (Å²) in [7, 11) is 0. The smallest absolute Gasteiger partial charge is 0.317 e. The van der Waals surface area contributed by atoms with Crippen LogP contribution in [0.1, 0.15) is 44.9 Å². The van der Waals surface area contributed by atoms with Crippen LogP contribution >= 0.6 is 11.8 Å². The van der Waals surface area contributed by atoms with Crippen LogP contribution in [0, 0.1) is 0 Å². The molecule has 0 aromatic carbocycles. The highest BCUT2D eigenvalue weighted by Gasteiger charge is 2.38. The first-order valence-corrected chi connectivity index (χ1v) is 9.75. The van der Waals surface area contributed by atoms with Crippen LogP contribution in [0.25, 0.3) is 0 Å². The van der Waals surface area contributed by atoms with E-state index >= 15 is 0 Å². The van der Waals surface area contributed by atoms with Crippen LogP contribution in [0.5, 0.6) is 0 Å². The lowest BCUT2D eigenvalue weighted by Gasteiger charge is -2.44. The Labute approximate surface area is 142 Å². The van der Waals surface area contributed by atoms with Gasteiger partial charge in [-0.2, -0.15) is 11.8 Å². The van der Waals surface area contributed by atoms with Crippen molar-refractivity contribution in [1.29, 1.82) is 0 Å². The number of unbranched alkanes of at least 4 members (excludes halogenated alkanes) is 1. The predicted molar refractivity (Wildman–Crippen MR) is 92.5 cm³/mol. The van der Waals surface area contributed by atoms with Gasteiger partial charge in [-0.05, 0) is 25.7 Å². The van der Waals surface area contributed by atoms with Crippen LogP contribution < -0.4 is 5.32 Å². The van der Waals surface area contributed by atoms with E-state index in [0.29, 0.717) is 4.75 Å². The van der Waals surface area contributed by atoms with E-state index in [1.54, 1.807) is 12.7 Å². The molecule has 1 spiro atoms. The topological polar surface area (TPSA) is 63.1 Å². The van der Waals surface area contributed by atoms with E-state index in [2.05, 4.69) is 27.3 Å². The summed E-state index contributed by atoms with van der Waals surface area (Å²) in [4.78, 5) is 14.4. The Morgan fingerprint density at radius 1 is 1.17 bits per heavy atom. The summed E-state index contributed by atoms with van der Waals surface area (Å²) in [5, 5.41) is 10.7. The van der Waals surface area contributed by atoms with Gasteiger partial charge in [0.1, 0.15) is 12.7 Å². The summed E-state index contributed by atoms with van der Waals surface area (Å²) in [6, 6.07) is 0.125. The SMILES string of the molecule is O=C(NCCCCn1cnnc1)N1CCSC2(CCCCC2)C1. The van der Waals surface area contributed by atoms with Gasteiger partial charge in [0.2, 0.25) is 0 Å². The molecular weight excluding hydrogens is 310 g/mol. The van der Waals surface area contributed by atoms with Crippen LogP contribution in [-0.2, 0) is 6.54 Å². The molecule has 0 atom stereocenters. The van der Waals surface area contributed by atoms with Crippen molar-refractivity contribution in [3.63, 3.8) is 0 Å². The van der Waals surface area contributed by atoms with Gasteiger partial charge in [-0.25, -0.2) is 4.79 Å². The number of amides is 2. The number of rotatable bonds is 5. The van der Waals surface area contributed by atoms with Gasteiger partial charge in [-0.15, -0.1) is 10.2 Å². The zero-order chi connectivity index (χ0) is 16.0. The highest BCUT2D eigenvalue weighted by Crippen LogP contribution is 2.42. The van der Waals surface area contributed by atoms with E-state index in [1.807, 2.05) is 9.47 Å². The monoisotopic (exact) mass is 337 g/mol. The molecule has 6 nitrogen and oxygen atoms in total. The summed E-state index contributed by atoms with van der Waals surface area (Å²) in [5.41, 5.74) is 0. The maximum absolute atomic E-state index is 12.4. The van der Waals surface area contributed by atoms with Crippen LogP contribution in [0.15, 0.2) is 12.7 Å². The first-order chi connectivity index (χ1) is 11.3. The number of thioether (sulfide) groups is 1. The maximum atomic E-state index is 12.4. The van der Waals surface area contributed by atoms with Gasteiger partial charge in [0.05, 0.1) is 0 Å². The molecular formula is C16H27N5OS. The first-order valence-electron chi connectivity index (χ1n) is 8.77. The molecule has 3 rings (SSSR count). The lowest BCUT2D eigenvalue weighted by molar-refractivity contribution is 0.185. The summed E-state index contributed by atoms with van der Waals surface area (Å²) in [6.45, 7) is 3.48. The van der Waals surface area contributed by atoms with Gasteiger partial charge in [0, 0.05) is 36.7 Å². The molecule has 0 radical (unpaired) electrons. The number of aryl methyl sites for hydroxylation is 1. The van der Waals surface area contributed by atoms with Gasteiger partial charge in [-0.1, -0.05) is 19.3 Å². The number of urea groups is 1. The van der Waals surface area contributed by atoms with E-state index in [0.717, 1.165) is 44.8 Å². The van der Waals surface area contributed by atoms with Crippen LogP contribution in [0.3, 0.4) is 0 Å². The summed E-state index contributed by atoms with van der Waals surface area (Å²) >= 11 is 2.10. The Morgan fingerprint density at radius 3 is 2.74 bits per heavy atom. The molecule has 2 amide bonds. The molecule has 0 unspecified atom stereocenters. The first kappa shape index (κ1) is 16.6. The van der Waals surface area contributed by atoms with Gasteiger partial charge in [0.15, 0.2) is 0 Å². The maximum Gasteiger partial charge on any atom is 0.317 e. The Morgan fingerprint density at radius 2 is 1.96 bits per heavy atom. The third-order valence-corrected chi connectivity index (χ3v) is 6.42. The Bertz CT molecular complexity index is 481. The van der Waals surface area contributed by atoms with E-state index in [1.165, 1.54) is 32.1 Å². The van der Waals surface area contributed by atoms with Crippen molar-refractivity contribution >= 4 is 17.8 Å². The zero-order valence-corrected chi connectivity index (χ0v) is 14.6. The minimum Gasteiger partial charge on any atom is -0.338 e. The molecule has 128 valence electrons. The number of hydrogen-bond acceptors (Lipinski definition) is 4. The molecule has 2 fully saturated rings. The molecule has 1 aliphatic carbocycles. The van der Waals surface area contributed by atoms with Crippen molar-refractivity contribution in [3.8, 4) is 0 Å². The average molecular weight is 337 g/mol. The van der Waals surface area contributed by atoms with Crippen molar-refractivity contribution in [2.75, 3.05) is 25.4 Å². The number of carbonyl (C=O) groups is 1. The predicted octanol–water partition coefficient (Wildman–Crippen LogP) is 2.52. The fourth-order valence-electron chi connectivity index (χ4n) is 3.58. The number of nitrogens with zero attached hydrogens (tertiary/aromatic N) is 4. The highest BCUT2D eigenvalue weighted by molar-refractivity contribution is 8.00. The van der Waals surface area contributed by atoms with Crippen LogP contribution in [-0.4, -0.2) is 55.8 Å². The lowest BCUT2D eigenvalue weighted by atomic mass is 9.87. The number of nitrogens with one attached hydrogen (secondary N) is 1. The minimum absolute atomic E-state index is 0.125.